The van der Waals surface area contributed by atoms with Gasteiger partial charge in [0.2, 0.25) is 0 Å². The number of aryl methyl sites for hydroxylation is 1. The second-order valence-electron chi connectivity index (χ2n) is 8.76. The maximum Gasteiger partial charge on any atom is 0.264 e. The molecule has 34 heavy (non-hydrogen) atoms. The monoisotopic (exact) mass is 477 g/mol. The summed E-state index contributed by atoms with van der Waals surface area (Å²) in [6.45, 7) is 6.32. The van der Waals surface area contributed by atoms with Gasteiger partial charge in [0.15, 0.2) is 0 Å². The van der Waals surface area contributed by atoms with Crippen LogP contribution in [0.25, 0.3) is 11.1 Å². The fourth-order valence-electron chi connectivity index (χ4n) is 4.09. The lowest BCUT2D eigenvalue weighted by Gasteiger charge is -2.31. The first-order valence-electron chi connectivity index (χ1n) is 11.0. The second kappa shape index (κ2) is 8.95. The number of benzene rings is 3. The summed E-state index contributed by atoms with van der Waals surface area (Å²) < 4.78 is 27.2. The molecule has 0 aliphatic carbocycles. The molecule has 0 saturated heterocycles. The van der Waals surface area contributed by atoms with Crippen LogP contribution >= 0.6 is 0 Å². The molecular weight excluding hydrogens is 450 g/mol. The summed E-state index contributed by atoms with van der Waals surface area (Å²) in [5.41, 5.74) is 3.58. The third kappa shape index (κ3) is 4.17. The minimum atomic E-state index is -3.68. The third-order valence-electron chi connectivity index (χ3n) is 5.78. The fraction of sp³-hybridized carbons (Fsp3) is 0.231. The number of amides is 2. The largest absolute Gasteiger partial charge is 0.352 e. The van der Waals surface area contributed by atoms with E-state index >= 15 is 0 Å². The van der Waals surface area contributed by atoms with Crippen molar-refractivity contribution in [3.05, 3.63) is 77.4 Å². The number of rotatable bonds is 5. The van der Waals surface area contributed by atoms with E-state index in [1.165, 1.54) is 11.4 Å². The maximum atomic E-state index is 13.2. The highest BCUT2D eigenvalue weighted by atomic mass is 32.2. The molecule has 0 saturated carbocycles. The van der Waals surface area contributed by atoms with Crippen LogP contribution in [0.2, 0.25) is 0 Å². The normalized spacial score (nSPS) is 13.7. The Morgan fingerprint density at radius 3 is 2.35 bits per heavy atom. The Morgan fingerprint density at radius 1 is 0.941 bits per heavy atom. The van der Waals surface area contributed by atoms with Gasteiger partial charge in [-0.3, -0.25) is 13.9 Å². The number of nitrogens with zero attached hydrogens (tertiary/aromatic N) is 1. The van der Waals surface area contributed by atoms with Crippen molar-refractivity contribution in [3.63, 3.8) is 0 Å². The van der Waals surface area contributed by atoms with Gasteiger partial charge in [0, 0.05) is 30.3 Å². The molecule has 7 nitrogen and oxygen atoms in total. The Kier molecular flexibility index (Phi) is 6.18. The number of anilines is 2. The van der Waals surface area contributed by atoms with E-state index in [4.69, 9.17) is 0 Å². The predicted octanol–water partition coefficient (Wildman–Crippen LogP) is 4.44. The molecule has 0 spiro atoms. The van der Waals surface area contributed by atoms with Crippen LogP contribution in [0.1, 0.15) is 40.1 Å². The molecule has 8 heteroatoms. The van der Waals surface area contributed by atoms with E-state index in [1.807, 2.05) is 13.8 Å². The molecule has 4 rings (SSSR count). The average Bonchev–Trinajstić information content (AvgIpc) is 2.81. The summed E-state index contributed by atoms with van der Waals surface area (Å²) >= 11 is 0. The lowest BCUT2D eigenvalue weighted by Crippen LogP contribution is -2.31. The zero-order chi connectivity index (χ0) is 24.6. The molecule has 1 aliphatic heterocycles. The summed E-state index contributed by atoms with van der Waals surface area (Å²) in [4.78, 5) is 26.1. The topological polar surface area (TPSA) is 95.6 Å². The van der Waals surface area contributed by atoms with Crippen molar-refractivity contribution >= 4 is 33.2 Å². The van der Waals surface area contributed by atoms with Gasteiger partial charge in [-0.25, -0.2) is 8.42 Å². The van der Waals surface area contributed by atoms with E-state index in [1.54, 1.807) is 67.6 Å². The van der Waals surface area contributed by atoms with Crippen molar-refractivity contribution in [2.75, 3.05) is 23.2 Å². The van der Waals surface area contributed by atoms with Gasteiger partial charge in [-0.1, -0.05) is 44.2 Å². The Bertz CT molecular complexity index is 1400. The quantitative estimate of drug-likeness (QED) is 0.568. The minimum Gasteiger partial charge on any atom is -0.352 e. The number of carbonyl (C=O) groups excluding carboxylic acids is 2. The van der Waals surface area contributed by atoms with Gasteiger partial charge in [-0.2, -0.15) is 0 Å². The van der Waals surface area contributed by atoms with Gasteiger partial charge < -0.3 is 10.6 Å². The van der Waals surface area contributed by atoms with E-state index in [-0.39, 0.29) is 16.7 Å². The first-order valence-corrected chi connectivity index (χ1v) is 12.5. The second-order valence-corrected chi connectivity index (χ2v) is 10.7. The molecule has 0 aromatic heterocycles. The fourth-order valence-corrected chi connectivity index (χ4v) is 5.58. The first kappa shape index (κ1) is 23.5. The van der Waals surface area contributed by atoms with Crippen molar-refractivity contribution in [3.8, 4) is 11.1 Å². The summed E-state index contributed by atoms with van der Waals surface area (Å²) in [5, 5.41) is 5.72. The first-order chi connectivity index (χ1) is 16.1. The number of carbonyl (C=O) groups is 2. The van der Waals surface area contributed by atoms with E-state index in [0.29, 0.717) is 51.7 Å². The third-order valence-corrected chi connectivity index (χ3v) is 7.60. The predicted molar refractivity (Wildman–Crippen MR) is 134 cm³/mol. The Hall–Kier alpha value is -3.65. The summed E-state index contributed by atoms with van der Waals surface area (Å²) in [7, 11) is -2.16. The number of hydrogen-bond donors (Lipinski definition) is 2. The molecular formula is C26H27N3O4S. The van der Waals surface area contributed by atoms with E-state index < -0.39 is 10.0 Å². The zero-order valence-corrected chi connectivity index (χ0v) is 20.4. The van der Waals surface area contributed by atoms with Crippen LogP contribution in [0.15, 0.2) is 65.6 Å². The summed E-state index contributed by atoms with van der Waals surface area (Å²) in [6, 6.07) is 17.0. The molecule has 0 unspecified atom stereocenters. The van der Waals surface area contributed by atoms with Gasteiger partial charge >= 0.3 is 0 Å². The number of fused-ring (bicyclic) bond motifs is 3. The van der Waals surface area contributed by atoms with Crippen molar-refractivity contribution in [1.29, 1.82) is 0 Å². The zero-order valence-electron chi connectivity index (χ0n) is 19.5. The number of sulfonamides is 1. The standard InChI is InChI=1S/C26H27N3O4S/c1-16(2)15-27-26(31)20-10-5-7-11-22(20)28-25(30)18-13-17(3)24-21(14-18)19-9-6-8-12-23(19)34(32,33)29(24)4/h5-14,16H,15H2,1-4H3,(H,27,31)(H,28,30). The van der Waals surface area contributed by atoms with Crippen LogP contribution in [0.3, 0.4) is 0 Å². The van der Waals surface area contributed by atoms with Crippen molar-refractivity contribution in [2.24, 2.45) is 5.92 Å². The van der Waals surface area contributed by atoms with Crippen LogP contribution in [-0.4, -0.2) is 33.8 Å². The summed E-state index contributed by atoms with van der Waals surface area (Å²) in [6.07, 6.45) is 0. The van der Waals surface area contributed by atoms with Gasteiger partial charge in [-0.05, 0) is 48.7 Å². The molecule has 2 amide bonds. The lowest BCUT2D eigenvalue weighted by molar-refractivity contribution is 0.0950. The van der Waals surface area contributed by atoms with Crippen LogP contribution in [0.5, 0.6) is 0 Å². The molecule has 0 atom stereocenters. The van der Waals surface area contributed by atoms with Gasteiger partial charge in [0.1, 0.15) is 0 Å². The van der Waals surface area contributed by atoms with E-state index in [2.05, 4.69) is 10.6 Å². The molecule has 0 fully saturated rings. The van der Waals surface area contributed by atoms with Gasteiger partial charge in [0.25, 0.3) is 21.8 Å². The van der Waals surface area contributed by atoms with Crippen LogP contribution in [-0.2, 0) is 10.0 Å². The SMILES string of the molecule is Cc1cc(C(=O)Nc2ccccc2C(=O)NCC(C)C)cc2c1N(C)S(=O)(=O)c1ccccc1-2. The molecule has 1 heterocycles. The lowest BCUT2D eigenvalue weighted by atomic mass is 9.96. The Morgan fingerprint density at radius 2 is 1.62 bits per heavy atom. The van der Waals surface area contributed by atoms with Crippen molar-refractivity contribution < 1.29 is 18.0 Å². The summed E-state index contributed by atoms with van der Waals surface area (Å²) in [5.74, 6) is -0.343. The van der Waals surface area contributed by atoms with E-state index in [0.717, 1.165) is 0 Å². The van der Waals surface area contributed by atoms with Gasteiger partial charge in [-0.15, -0.1) is 0 Å². The Labute approximate surface area is 199 Å². The maximum absolute atomic E-state index is 13.2. The number of hydrogen-bond acceptors (Lipinski definition) is 4. The Balaban J connectivity index is 1.71. The average molecular weight is 478 g/mol. The molecule has 3 aromatic carbocycles. The smallest absolute Gasteiger partial charge is 0.264 e. The molecule has 3 aromatic rings. The van der Waals surface area contributed by atoms with E-state index in [9.17, 15) is 18.0 Å². The van der Waals surface area contributed by atoms with Crippen LogP contribution < -0.4 is 14.9 Å². The molecule has 0 radical (unpaired) electrons. The minimum absolute atomic E-state index is 0.203. The highest BCUT2D eigenvalue weighted by Gasteiger charge is 2.34. The molecule has 0 bridgehead atoms. The van der Waals surface area contributed by atoms with Gasteiger partial charge in [0.05, 0.1) is 21.8 Å². The number of nitrogens with one attached hydrogen (secondary N) is 2. The molecule has 176 valence electrons. The number of para-hydroxylation sites is 1. The van der Waals surface area contributed by atoms with Crippen molar-refractivity contribution in [2.45, 2.75) is 25.7 Å². The van der Waals surface area contributed by atoms with Crippen molar-refractivity contribution in [1.82, 2.24) is 5.32 Å². The molecule has 2 N–H and O–H groups in total. The molecule has 1 aliphatic rings. The van der Waals surface area contributed by atoms with Crippen LogP contribution in [0, 0.1) is 12.8 Å². The highest BCUT2D eigenvalue weighted by molar-refractivity contribution is 7.93. The van der Waals surface area contributed by atoms with Crippen LogP contribution in [0.4, 0.5) is 11.4 Å². The highest BCUT2D eigenvalue weighted by Crippen LogP contribution is 2.44.